The molecule has 3 aromatic rings. The number of benzene rings is 1. The van der Waals surface area contributed by atoms with Crippen molar-refractivity contribution in [3.8, 4) is 28.8 Å². The molecule has 4 N–H and O–H groups in total. The van der Waals surface area contributed by atoms with Crippen LogP contribution in [0, 0.1) is 11.8 Å². The Labute approximate surface area is 152 Å². The van der Waals surface area contributed by atoms with E-state index in [2.05, 4.69) is 26.8 Å². The molecule has 0 amide bonds. The van der Waals surface area contributed by atoms with E-state index in [4.69, 9.17) is 16.2 Å². The van der Waals surface area contributed by atoms with Crippen molar-refractivity contribution in [2.45, 2.75) is 20.0 Å². The second kappa shape index (κ2) is 7.53. The zero-order valence-electron chi connectivity index (χ0n) is 14.6. The Kier molecular flexibility index (Phi) is 4.99. The summed E-state index contributed by atoms with van der Waals surface area (Å²) in [5.41, 5.74) is 14.5. The molecule has 0 atom stereocenters. The van der Waals surface area contributed by atoms with Gasteiger partial charge in [0.05, 0.1) is 17.4 Å². The highest BCUT2D eigenvalue weighted by molar-refractivity contribution is 5.75. The zero-order chi connectivity index (χ0) is 18.5. The lowest BCUT2D eigenvalue weighted by molar-refractivity contribution is 0.242. The van der Waals surface area contributed by atoms with Crippen LogP contribution in [0.25, 0.3) is 11.3 Å². The predicted octanol–water partition coefficient (Wildman–Crippen LogP) is 2.89. The van der Waals surface area contributed by atoms with Crippen LogP contribution in [-0.4, -0.2) is 21.1 Å². The van der Waals surface area contributed by atoms with Gasteiger partial charge in [-0.3, -0.25) is 4.98 Å². The molecule has 6 nitrogen and oxygen atoms in total. The van der Waals surface area contributed by atoms with Crippen LogP contribution in [0.1, 0.15) is 25.0 Å². The van der Waals surface area contributed by atoms with Gasteiger partial charge in [0.1, 0.15) is 11.6 Å². The third-order valence-corrected chi connectivity index (χ3v) is 3.43. The van der Waals surface area contributed by atoms with Crippen molar-refractivity contribution in [1.82, 2.24) is 15.0 Å². The minimum atomic E-state index is 0.0654. The Hall–Kier alpha value is -3.59. The molecule has 6 heteroatoms. The molecule has 0 saturated carbocycles. The normalized spacial score (nSPS) is 10.3. The summed E-state index contributed by atoms with van der Waals surface area (Å²) in [5, 5.41) is 0. The Bertz CT molecular complexity index is 974. The van der Waals surface area contributed by atoms with Crippen LogP contribution in [0.3, 0.4) is 0 Å². The third kappa shape index (κ3) is 4.08. The van der Waals surface area contributed by atoms with Crippen LogP contribution >= 0.6 is 0 Å². The molecule has 0 spiro atoms. The highest BCUT2D eigenvalue weighted by Gasteiger charge is 2.13. The van der Waals surface area contributed by atoms with Crippen LogP contribution in [0.15, 0.2) is 48.8 Å². The van der Waals surface area contributed by atoms with E-state index in [9.17, 15) is 0 Å². The molecule has 2 aromatic heterocycles. The van der Waals surface area contributed by atoms with Crippen molar-refractivity contribution in [2.24, 2.45) is 0 Å². The molecule has 26 heavy (non-hydrogen) atoms. The van der Waals surface area contributed by atoms with Crippen LogP contribution in [-0.2, 0) is 0 Å². The molecule has 0 fully saturated rings. The van der Waals surface area contributed by atoms with Crippen LogP contribution in [0.5, 0.6) is 5.75 Å². The summed E-state index contributed by atoms with van der Waals surface area (Å²) in [6, 6.07) is 11.3. The van der Waals surface area contributed by atoms with Gasteiger partial charge in [-0.05, 0) is 38.1 Å². The van der Waals surface area contributed by atoms with E-state index < -0.39 is 0 Å². The number of hydrogen-bond donors (Lipinski definition) is 2. The second-order valence-electron chi connectivity index (χ2n) is 5.88. The van der Waals surface area contributed by atoms with Crippen molar-refractivity contribution < 1.29 is 4.74 Å². The fourth-order valence-electron chi connectivity index (χ4n) is 2.39. The maximum Gasteiger partial charge on any atom is 0.222 e. The molecule has 1 aromatic carbocycles. The van der Waals surface area contributed by atoms with Gasteiger partial charge in [-0.1, -0.05) is 24.0 Å². The van der Waals surface area contributed by atoms with Crippen LogP contribution < -0.4 is 16.2 Å². The van der Waals surface area contributed by atoms with Crippen molar-refractivity contribution in [1.29, 1.82) is 0 Å². The first-order valence-electron chi connectivity index (χ1n) is 8.15. The van der Waals surface area contributed by atoms with E-state index in [-0.39, 0.29) is 17.9 Å². The third-order valence-electron chi connectivity index (χ3n) is 3.43. The van der Waals surface area contributed by atoms with Crippen molar-refractivity contribution in [3.63, 3.8) is 0 Å². The van der Waals surface area contributed by atoms with E-state index in [1.165, 1.54) is 0 Å². The number of nitrogen functional groups attached to an aromatic ring is 2. The smallest absolute Gasteiger partial charge is 0.222 e. The van der Waals surface area contributed by atoms with Crippen LogP contribution in [0.2, 0.25) is 0 Å². The number of pyridine rings is 1. The van der Waals surface area contributed by atoms with Gasteiger partial charge in [0.15, 0.2) is 0 Å². The fourth-order valence-corrected chi connectivity index (χ4v) is 2.39. The Balaban J connectivity index is 2.09. The van der Waals surface area contributed by atoms with E-state index in [1.54, 1.807) is 12.4 Å². The maximum absolute atomic E-state index is 6.06. The predicted molar refractivity (Wildman–Crippen MR) is 102 cm³/mol. The molecule has 130 valence electrons. The highest BCUT2D eigenvalue weighted by atomic mass is 16.5. The number of hydrogen-bond acceptors (Lipinski definition) is 6. The molecule has 0 aliphatic heterocycles. The van der Waals surface area contributed by atoms with Crippen LogP contribution in [0.4, 0.5) is 11.8 Å². The fraction of sp³-hybridized carbons (Fsp3) is 0.150. The summed E-state index contributed by atoms with van der Waals surface area (Å²) in [6.07, 6.45) is 3.44. The van der Waals surface area contributed by atoms with Crippen molar-refractivity contribution in [2.75, 3.05) is 11.5 Å². The molecule has 2 heterocycles. The molecule has 0 aliphatic carbocycles. The number of aromatic nitrogens is 3. The number of nitrogens with zero attached hydrogens (tertiary/aromatic N) is 3. The molecule has 3 rings (SSSR count). The minimum Gasteiger partial charge on any atom is -0.491 e. The zero-order valence-corrected chi connectivity index (χ0v) is 14.6. The summed E-state index contributed by atoms with van der Waals surface area (Å²) < 4.78 is 5.76. The van der Waals surface area contributed by atoms with Gasteiger partial charge in [-0.15, -0.1) is 0 Å². The van der Waals surface area contributed by atoms with Gasteiger partial charge < -0.3 is 16.2 Å². The van der Waals surface area contributed by atoms with Gasteiger partial charge in [-0.25, -0.2) is 4.98 Å². The number of ether oxygens (including phenoxy) is 1. The molecular weight excluding hydrogens is 326 g/mol. The number of nitrogens with two attached hydrogens (primary N) is 2. The summed E-state index contributed by atoms with van der Waals surface area (Å²) >= 11 is 0. The lowest BCUT2D eigenvalue weighted by Gasteiger charge is -2.12. The van der Waals surface area contributed by atoms with Gasteiger partial charge in [0.25, 0.3) is 0 Å². The van der Waals surface area contributed by atoms with E-state index in [0.717, 1.165) is 16.9 Å². The van der Waals surface area contributed by atoms with E-state index in [0.29, 0.717) is 11.3 Å². The lowest BCUT2D eigenvalue weighted by atomic mass is 10.1. The molecule has 0 radical (unpaired) electrons. The molecule has 0 aliphatic rings. The first-order chi connectivity index (χ1) is 12.5. The Morgan fingerprint density at radius 1 is 1.04 bits per heavy atom. The van der Waals surface area contributed by atoms with Gasteiger partial charge in [-0.2, -0.15) is 4.98 Å². The first-order valence-corrected chi connectivity index (χ1v) is 8.15. The quantitative estimate of drug-likeness (QED) is 0.708. The summed E-state index contributed by atoms with van der Waals surface area (Å²) in [4.78, 5) is 12.4. The van der Waals surface area contributed by atoms with E-state index >= 15 is 0 Å². The van der Waals surface area contributed by atoms with E-state index in [1.807, 2.05) is 50.2 Å². The molecule has 0 bridgehead atoms. The molecular formula is C20H19N5O. The minimum absolute atomic E-state index is 0.0654. The van der Waals surface area contributed by atoms with Gasteiger partial charge in [0, 0.05) is 23.5 Å². The maximum atomic E-state index is 6.06. The summed E-state index contributed by atoms with van der Waals surface area (Å²) in [7, 11) is 0. The Morgan fingerprint density at radius 2 is 1.88 bits per heavy atom. The SMILES string of the molecule is CC(C)Oc1cccc(-c2nc(N)nc(N)c2C#Cc2cccnc2)c1. The van der Waals surface area contributed by atoms with Gasteiger partial charge >= 0.3 is 0 Å². The average molecular weight is 345 g/mol. The lowest BCUT2D eigenvalue weighted by Crippen LogP contribution is -2.07. The first kappa shape index (κ1) is 17.2. The van der Waals surface area contributed by atoms with Crippen molar-refractivity contribution in [3.05, 3.63) is 59.9 Å². The summed E-state index contributed by atoms with van der Waals surface area (Å²) in [6.45, 7) is 3.94. The van der Waals surface area contributed by atoms with Gasteiger partial charge in [0.2, 0.25) is 5.95 Å². The summed E-state index contributed by atoms with van der Waals surface area (Å²) in [5.74, 6) is 7.15. The number of anilines is 2. The van der Waals surface area contributed by atoms with Crippen molar-refractivity contribution >= 4 is 11.8 Å². The molecule has 0 saturated heterocycles. The largest absolute Gasteiger partial charge is 0.491 e. The topological polar surface area (TPSA) is 99.9 Å². The highest BCUT2D eigenvalue weighted by Crippen LogP contribution is 2.28. The number of rotatable bonds is 3. The average Bonchev–Trinajstić information content (AvgIpc) is 2.61. The monoisotopic (exact) mass is 345 g/mol. The molecule has 0 unspecified atom stereocenters. The Morgan fingerprint density at radius 3 is 2.62 bits per heavy atom. The standard InChI is InChI=1S/C20H19N5O/c1-13(2)26-16-7-3-6-15(11-16)18-17(19(21)25-20(22)24-18)9-8-14-5-4-10-23-12-14/h3-7,10-13H,1-2H3,(H4,21,22,24,25). The second-order valence-corrected chi connectivity index (χ2v) is 5.88.